The van der Waals surface area contributed by atoms with Gasteiger partial charge in [-0.2, -0.15) is 0 Å². The third kappa shape index (κ3) is 3.52. The van der Waals surface area contributed by atoms with Gasteiger partial charge in [-0.1, -0.05) is 24.4 Å². The van der Waals surface area contributed by atoms with E-state index in [-0.39, 0.29) is 17.3 Å². The van der Waals surface area contributed by atoms with E-state index in [0.29, 0.717) is 10.6 Å². The first-order valence-corrected chi connectivity index (χ1v) is 7.87. The molecule has 0 aromatic heterocycles. The van der Waals surface area contributed by atoms with Gasteiger partial charge in [0.2, 0.25) is 0 Å². The summed E-state index contributed by atoms with van der Waals surface area (Å²) in [5.74, 6) is -0.0918. The van der Waals surface area contributed by atoms with Crippen LogP contribution in [0.1, 0.15) is 36.0 Å². The first-order valence-electron chi connectivity index (χ1n) is 5.98. The Morgan fingerprint density at radius 1 is 1.33 bits per heavy atom. The number of alkyl halides is 1. The van der Waals surface area contributed by atoms with Gasteiger partial charge >= 0.3 is 0 Å². The molecule has 5 heteroatoms. The molecule has 98 valence electrons. The zero-order valence-electron chi connectivity index (χ0n) is 9.76. The van der Waals surface area contributed by atoms with Crippen LogP contribution >= 0.6 is 45.8 Å². The molecule has 1 amide bonds. The predicted octanol–water partition coefficient (Wildman–Crippen LogP) is 4.22. The molecule has 2 unspecified atom stereocenters. The summed E-state index contributed by atoms with van der Waals surface area (Å²) in [4.78, 5) is 12.1. The minimum atomic E-state index is -0.0918. The van der Waals surface area contributed by atoms with Crippen LogP contribution in [-0.2, 0) is 0 Å². The van der Waals surface area contributed by atoms with E-state index in [1.54, 1.807) is 12.1 Å². The Morgan fingerprint density at radius 3 is 2.72 bits per heavy atom. The smallest absolute Gasteiger partial charge is 0.251 e. The van der Waals surface area contributed by atoms with Crippen molar-refractivity contribution in [1.29, 1.82) is 0 Å². The standard InChI is InChI=1S/C13H14Cl2INO/c14-9-3-1-2-4-12(9)17-13(18)8-5-6-11(16)10(15)7-8/h5-7,9,12H,1-4H2,(H,17,18). The maximum atomic E-state index is 12.1. The maximum absolute atomic E-state index is 12.1. The van der Waals surface area contributed by atoms with E-state index < -0.39 is 0 Å². The minimum Gasteiger partial charge on any atom is -0.348 e. The van der Waals surface area contributed by atoms with Crippen LogP contribution in [0.4, 0.5) is 0 Å². The van der Waals surface area contributed by atoms with Crippen molar-refractivity contribution in [2.45, 2.75) is 37.1 Å². The number of amides is 1. The highest BCUT2D eigenvalue weighted by molar-refractivity contribution is 14.1. The van der Waals surface area contributed by atoms with Crippen molar-refractivity contribution < 1.29 is 4.79 Å². The lowest BCUT2D eigenvalue weighted by Gasteiger charge is -2.27. The molecule has 0 spiro atoms. The summed E-state index contributed by atoms with van der Waals surface area (Å²) in [7, 11) is 0. The summed E-state index contributed by atoms with van der Waals surface area (Å²) in [6, 6.07) is 5.40. The van der Waals surface area contributed by atoms with Crippen LogP contribution in [0.5, 0.6) is 0 Å². The average Bonchev–Trinajstić information content (AvgIpc) is 2.35. The van der Waals surface area contributed by atoms with Crippen LogP contribution in [0.2, 0.25) is 5.02 Å². The highest BCUT2D eigenvalue weighted by Crippen LogP contribution is 2.24. The van der Waals surface area contributed by atoms with E-state index in [1.807, 2.05) is 6.07 Å². The van der Waals surface area contributed by atoms with Crippen LogP contribution in [-0.4, -0.2) is 17.3 Å². The van der Waals surface area contributed by atoms with Crippen LogP contribution in [0, 0.1) is 3.57 Å². The second kappa shape index (κ2) is 6.44. The van der Waals surface area contributed by atoms with Gasteiger partial charge < -0.3 is 5.32 Å². The molecule has 0 aliphatic heterocycles. The molecule has 2 rings (SSSR count). The van der Waals surface area contributed by atoms with Crippen molar-refractivity contribution in [2.75, 3.05) is 0 Å². The molecular weight excluding hydrogens is 384 g/mol. The Bertz CT molecular complexity index is 453. The van der Waals surface area contributed by atoms with Crippen molar-refractivity contribution >= 4 is 51.7 Å². The zero-order chi connectivity index (χ0) is 13.1. The van der Waals surface area contributed by atoms with E-state index >= 15 is 0 Å². The molecule has 1 aliphatic rings. The van der Waals surface area contributed by atoms with Gasteiger partial charge in [-0.3, -0.25) is 4.79 Å². The number of hydrogen-bond donors (Lipinski definition) is 1. The second-order valence-electron chi connectivity index (χ2n) is 4.51. The van der Waals surface area contributed by atoms with Gasteiger partial charge in [0.1, 0.15) is 0 Å². The zero-order valence-corrected chi connectivity index (χ0v) is 13.4. The molecule has 2 nitrogen and oxygen atoms in total. The fourth-order valence-electron chi connectivity index (χ4n) is 2.14. The number of nitrogens with one attached hydrogen (secondary N) is 1. The van der Waals surface area contributed by atoms with Gasteiger partial charge in [0.25, 0.3) is 5.91 Å². The Hall–Kier alpha value is -0.0000000000000000555. The topological polar surface area (TPSA) is 29.1 Å². The van der Waals surface area contributed by atoms with Crippen molar-refractivity contribution in [3.8, 4) is 0 Å². The molecule has 0 radical (unpaired) electrons. The van der Waals surface area contributed by atoms with E-state index in [4.69, 9.17) is 23.2 Å². The third-order valence-corrected chi connectivity index (χ3v) is 5.27. The largest absolute Gasteiger partial charge is 0.348 e. The first kappa shape index (κ1) is 14.4. The molecule has 1 fully saturated rings. The lowest BCUT2D eigenvalue weighted by Crippen LogP contribution is -2.42. The van der Waals surface area contributed by atoms with Crippen molar-refractivity contribution in [2.24, 2.45) is 0 Å². The van der Waals surface area contributed by atoms with Gasteiger partial charge in [-0.15, -0.1) is 11.6 Å². The lowest BCUT2D eigenvalue weighted by atomic mass is 9.94. The number of rotatable bonds is 2. The Morgan fingerprint density at radius 2 is 2.06 bits per heavy atom. The number of benzene rings is 1. The molecule has 0 bridgehead atoms. The van der Waals surface area contributed by atoms with E-state index in [9.17, 15) is 4.79 Å². The molecule has 18 heavy (non-hydrogen) atoms. The van der Waals surface area contributed by atoms with Crippen molar-refractivity contribution in [3.63, 3.8) is 0 Å². The fraction of sp³-hybridized carbons (Fsp3) is 0.462. The lowest BCUT2D eigenvalue weighted by molar-refractivity contribution is 0.0928. The van der Waals surface area contributed by atoms with Crippen LogP contribution < -0.4 is 5.32 Å². The van der Waals surface area contributed by atoms with E-state index in [0.717, 1.165) is 29.3 Å². The van der Waals surface area contributed by atoms with Crippen molar-refractivity contribution in [1.82, 2.24) is 5.32 Å². The van der Waals surface area contributed by atoms with Gasteiger partial charge in [-0.25, -0.2) is 0 Å². The normalized spacial score (nSPS) is 23.7. The number of carbonyl (C=O) groups excluding carboxylic acids is 1. The molecule has 1 aromatic carbocycles. The summed E-state index contributed by atoms with van der Waals surface area (Å²) >= 11 is 14.4. The van der Waals surface area contributed by atoms with Crippen LogP contribution in [0.15, 0.2) is 18.2 Å². The quantitative estimate of drug-likeness (QED) is 0.587. The van der Waals surface area contributed by atoms with E-state index in [2.05, 4.69) is 27.9 Å². The number of carbonyl (C=O) groups is 1. The summed E-state index contributed by atoms with van der Waals surface area (Å²) in [6.45, 7) is 0. The molecule has 2 atom stereocenters. The monoisotopic (exact) mass is 397 g/mol. The molecule has 0 saturated heterocycles. The van der Waals surface area contributed by atoms with E-state index in [1.165, 1.54) is 0 Å². The number of halogens is 3. The van der Waals surface area contributed by atoms with Crippen molar-refractivity contribution in [3.05, 3.63) is 32.4 Å². The molecule has 1 N–H and O–H groups in total. The van der Waals surface area contributed by atoms with Gasteiger partial charge in [0.05, 0.1) is 10.4 Å². The Kier molecular flexibility index (Phi) is 5.15. The molecular formula is C13H14Cl2INO. The average molecular weight is 398 g/mol. The SMILES string of the molecule is O=C(NC1CCCCC1Cl)c1ccc(I)c(Cl)c1. The highest BCUT2D eigenvalue weighted by Gasteiger charge is 2.24. The van der Waals surface area contributed by atoms with Gasteiger partial charge in [0, 0.05) is 15.2 Å². The van der Waals surface area contributed by atoms with Gasteiger partial charge in [-0.05, 0) is 53.6 Å². The Labute approximate surface area is 131 Å². The summed E-state index contributed by atoms with van der Waals surface area (Å²) < 4.78 is 0.943. The molecule has 1 aliphatic carbocycles. The van der Waals surface area contributed by atoms with Crippen LogP contribution in [0.25, 0.3) is 0 Å². The van der Waals surface area contributed by atoms with Gasteiger partial charge in [0.15, 0.2) is 0 Å². The van der Waals surface area contributed by atoms with Crippen LogP contribution in [0.3, 0.4) is 0 Å². The molecule has 1 aromatic rings. The fourth-order valence-corrected chi connectivity index (χ4v) is 3.00. The summed E-state index contributed by atoms with van der Waals surface area (Å²) in [5, 5.41) is 3.65. The molecule has 1 saturated carbocycles. The third-order valence-electron chi connectivity index (χ3n) is 3.18. The maximum Gasteiger partial charge on any atom is 0.251 e. The molecule has 0 heterocycles. The second-order valence-corrected chi connectivity index (χ2v) is 6.64. The predicted molar refractivity (Wildman–Crippen MR) is 83.5 cm³/mol. The minimum absolute atomic E-state index is 0.0435. The summed E-state index contributed by atoms with van der Waals surface area (Å²) in [6.07, 6.45) is 4.20. The number of hydrogen-bond acceptors (Lipinski definition) is 1. The summed E-state index contributed by atoms with van der Waals surface area (Å²) in [5.41, 5.74) is 0.592. The Balaban J connectivity index is 2.04. The highest BCUT2D eigenvalue weighted by atomic mass is 127. The first-order chi connectivity index (χ1) is 8.58.